The summed E-state index contributed by atoms with van der Waals surface area (Å²) in [6.45, 7) is 3.17. The molecular weight excluding hydrogens is 268 g/mol. The molecule has 106 valence electrons. The number of benzene rings is 1. The van der Waals surface area contributed by atoms with Gasteiger partial charge in [0.2, 0.25) is 0 Å². The van der Waals surface area contributed by atoms with E-state index in [1.807, 2.05) is 35.6 Å². The van der Waals surface area contributed by atoms with Crippen molar-refractivity contribution in [2.75, 3.05) is 5.32 Å². The van der Waals surface area contributed by atoms with Crippen molar-refractivity contribution < 1.29 is 5.11 Å². The van der Waals surface area contributed by atoms with Crippen molar-refractivity contribution >= 4 is 17.0 Å². The molecule has 1 aromatic carbocycles. The van der Waals surface area contributed by atoms with Gasteiger partial charge in [0.05, 0.1) is 18.8 Å². The first kappa shape index (κ1) is 13.6. The Hall–Kier alpha value is -1.39. The van der Waals surface area contributed by atoms with E-state index in [4.69, 9.17) is 10.1 Å². The molecule has 0 fully saturated rings. The van der Waals surface area contributed by atoms with Crippen LogP contribution in [-0.4, -0.2) is 10.1 Å². The van der Waals surface area contributed by atoms with Crippen LogP contribution in [0.1, 0.15) is 34.5 Å². The Kier molecular flexibility index (Phi) is 4.03. The molecule has 0 saturated heterocycles. The molecule has 1 aromatic heterocycles. The molecule has 2 N–H and O–H groups in total. The summed E-state index contributed by atoms with van der Waals surface area (Å²) in [5.41, 5.74) is 3.29. The van der Waals surface area contributed by atoms with Crippen LogP contribution >= 0.6 is 11.3 Å². The van der Waals surface area contributed by atoms with Crippen LogP contribution < -0.4 is 5.32 Å². The molecule has 0 unspecified atom stereocenters. The van der Waals surface area contributed by atoms with E-state index in [1.165, 1.54) is 28.4 Å². The van der Waals surface area contributed by atoms with E-state index in [1.54, 1.807) is 0 Å². The number of aliphatic hydroxyl groups is 1. The molecule has 1 aliphatic rings. The summed E-state index contributed by atoms with van der Waals surface area (Å²) >= 11 is 1.85. The minimum absolute atomic E-state index is 0.0823. The first-order chi connectivity index (χ1) is 9.74. The Morgan fingerprint density at radius 2 is 2.35 bits per heavy atom. The van der Waals surface area contributed by atoms with Crippen LogP contribution in [0.15, 0.2) is 24.3 Å². The lowest BCUT2D eigenvalue weighted by Gasteiger charge is -2.15. The molecule has 0 bridgehead atoms. The van der Waals surface area contributed by atoms with Crippen LogP contribution in [0.25, 0.3) is 0 Å². The quantitative estimate of drug-likeness (QED) is 0.906. The van der Waals surface area contributed by atoms with E-state index in [-0.39, 0.29) is 6.61 Å². The number of nitrogens with zero attached hydrogens (tertiary/aromatic N) is 1. The third-order valence-corrected chi connectivity index (χ3v) is 4.90. The van der Waals surface area contributed by atoms with Crippen molar-refractivity contribution in [3.8, 4) is 0 Å². The number of thiazole rings is 1. The summed E-state index contributed by atoms with van der Waals surface area (Å²) in [7, 11) is 0. The molecule has 3 rings (SSSR count). The summed E-state index contributed by atoms with van der Waals surface area (Å²) < 4.78 is 0. The summed E-state index contributed by atoms with van der Waals surface area (Å²) in [6.07, 6.45) is 3.59. The number of fused-ring (bicyclic) bond motifs is 1. The van der Waals surface area contributed by atoms with E-state index in [0.29, 0.717) is 0 Å². The monoisotopic (exact) mass is 288 g/mol. The van der Waals surface area contributed by atoms with Crippen LogP contribution in [-0.2, 0) is 26.0 Å². The average molecular weight is 288 g/mol. The second-order valence-corrected chi connectivity index (χ2v) is 6.71. The van der Waals surface area contributed by atoms with Gasteiger partial charge in [0.25, 0.3) is 0 Å². The topological polar surface area (TPSA) is 45.2 Å². The van der Waals surface area contributed by atoms with Gasteiger partial charge in [-0.05, 0) is 42.9 Å². The summed E-state index contributed by atoms with van der Waals surface area (Å²) in [5.74, 6) is 0.796. The van der Waals surface area contributed by atoms with Gasteiger partial charge in [-0.2, -0.15) is 0 Å². The van der Waals surface area contributed by atoms with E-state index < -0.39 is 0 Å². The van der Waals surface area contributed by atoms with Crippen LogP contribution in [0.3, 0.4) is 0 Å². The third kappa shape index (κ3) is 3.02. The Labute approximate surface area is 123 Å². The largest absolute Gasteiger partial charge is 0.392 e. The number of nitrogens with one attached hydrogen (secondary N) is 1. The van der Waals surface area contributed by atoms with E-state index in [9.17, 15) is 0 Å². The van der Waals surface area contributed by atoms with Crippen molar-refractivity contribution in [1.29, 1.82) is 0 Å². The Morgan fingerprint density at radius 3 is 3.20 bits per heavy atom. The smallest absolute Gasteiger partial charge is 0.112 e. The van der Waals surface area contributed by atoms with Gasteiger partial charge < -0.3 is 10.4 Å². The van der Waals surface area contributed by atoms with Crippen LogP contribution in [0.2, 0.25) is 0 Å². The molecule has 0 amide bonds. The zero-order valence-corrected chi connectivity index (χ0v) is 12.5. The minimum atomic E-state index is 0.0823. The number of aliphatic hydroxyl groups excluding tert-OH is 1. The molecule has 20 heavy (non-hydrogen) atoms. The number of hydrogen-bond donors (Lipinski definition) is 2. The van der Waals surface area contributed by atoms with Crippen molar-refractivity contribution in [2.24, 2.45) is 5.92 Å². The van der Waals surface area contributed by atoms with Crippen molar-refractivity contribution in [1.82, 2.24) is 4.98 Å². The Bertz CT molecular complexity index is 594. The fourth-order valence-corrected chi connectivity index (χ4v) is 3.84. The van der Waals surface area contributed by atoms with Gasteiger partial charge in [0.15, 0.2) is 0 Å². The molecule has 1 aliphatic carbocycles. The molecule has 0 saturated carbocycles. The maximum atomic E-state index is 9.14. The van der Waals surface area contributed by atoms with Crippen LogP contribution in [0.5, 0.6) is 0 Å². The van der Waals surface area contributed by atoms with Crippen LogP contribution in [0.4, 0.5) is 5.69 Å². The predicted octanol–water partition coefficient (Wildman–Crippen LogP) is 3.37. The lowest BCUT2D eigenvalue weighted by atomic mass is 9.93. The standard InChI is InChI=1S/C16H20N2OS/c1-11-5-6-14-15(7-11)20-16(18-14)9-17-13-4-2-3-12(8-13)10-19/h2-4,8,11,17,19H,5-7,9-10H2,1H3/t11-/m1/s1. The summed E-state index contributed by atoms with van der Waals surface area (Å²) in [4.78, 5) is 6.23. The molecule has 0 spiro atoms. The number of aryl methyl sites for hydroxylation is 1. The highest BCUT2D eigenvalue weighted by atomic mass is 32.1. The molecule has 3 nitrogen and oxygen atoms in total. The number of hydrogen-bond acceptors (Lipinski definition) is 4. The third-order valence-electron chi connectivity index (χ3n) is 3.78. The van der Waals surface area contributed by atoms with Gasteiger partial charge in [-0.3, -0.25) is 0 Å². The van der Waals surface area contributed by atoms with E-state index >= 15 is 0 Å². The second kappa shape index (κ2) is 5.94. The average Bonchev–Trinajstić information content (AvgIpc) is 2.87. The Balaban J connectivity index is 1.66. The van der Waals surface area contributed by atoms with Crippen molar-refractivity contribution in [3.63, 3.8) is 0 Å². The molecule has 0 aliphatic heterocycles. The highest BCUT2D eigenvalue weighted by molar-refractivity contribution is 7.11. The molecule has 1 heterocycles. The fraction of sp³-hybridized carbons (Fsp3) is 0.438. The van der Waals surface area contributed by atoms with Crippen LogP contribution in [0, 0.1) is 5.92 Å². The van der Waals surface area contributed by atoms with E-state index in [2.05, 4.69) is 12.2 Å². The van der Waals surface area contributed by atoms with Gasteiger partial charge in [0.1, 0.15) is 5.01 Å². The predicted molar refractivity (Wildman–Crippen MR) is 83.0 cm³/mol. The lowest BCUT2D eigenvalue weighted by molar-refractivity contribution is 0.282. The normalized spacial score (nSPS) is 17.8. The molecular formula is C16H20N2OS. The van der Waals surface area contributed by atoms with Gasteiger partial charge in [-0.15, -0.1) is 11.3 Å². The Morgan fingerprint density at radius 1 is 1.45 bits per heavy atom. The molecule has 2 aromatic rings. The maximum absolute atomic E-state index is 9.14. The molecule has 0 radical (unpaired) electrons. The fourth-order valence-electron chi connectivity index (χ4n) is 2.63. The van der Waals surface area contributed by atoms with Gasteiger partial charge in [-0.25, -0.2) is 4.98 Å². The van der Waals surface area contributed by atoms with E-state index in [0.717, 1.165) is 30.1 Å². The van der Waals surface area contributed by atoms with Gasteiger partial charge >= 0.3 is 0 Å². The highest BCUT2D eigenvalue weighted by Gasteiger charge is 2.19. The zero-order valence-electron chi connectivity index (χ0n) is 11.7. The SMILES string of the molecule is C[C@@H]1CCc2nc(CNc3cccc(CO)c3)sc2C1. The van der Waals surface area contributed by atoms with Crippen molar-refractivity contribution in [3.05, 3.63) is 45.4 Å². The second-order valence-electron chi connectivity index (χ2n) is 5.54. The lowest BCUT2D eigenvalue weighted by Crippen LogP contribution is -2.09. The highest BCUT2D eigenvalue weighted by Crippen LogP contribution is 2.30. The number of anilines is 1. The maximum Gasteiger partial charge on any atom is 0.112 e. The minimum Gasteiger partial charge on any atom is -0.392 e. The zero-order chi connectivity index (χ0) is 13.9. The molecule has 4 heteroatoms. The summed E-state index contributed by atoms with van der Waals surface area (Å²) in [5, 5.41) is 13.7. The molecule has 1 atom stereocenters. The first-order valence-corrected chi connectivity index (χ1v) is 7.97. The number of aromatic nitrogens is 1. The van der Waals surface area contributed by atoms with Gasteiger partial charge in [0, 0.05) is 10.6 Å². The van der Waals surface area contributed by atoms with Gasteiger partial charge in [-0.1, -0.05) is 19.1 Å². The number of rotatable bonds is 4. The van der Waals surface area contributed by atoms with Crippen molar-refractivity contribution in [2.45, 2.75) is 39.3 Å². The first-order valence-electron chi connectivity index (χ1n) is 7.15. The summed E-state index contributed by atoms with van der Waals surface area (Å²) in [6, 6.07) is 7.89.